The molecule has 0 unspecified atom stereocenters. The molecule has 2 aromatic heterocycles. The topological polar surface area (TPSA) is 200 Å². The van der Waals surface area contributed by atoms with Gasteiger partial charge in [0.2, 0.25) is 0 Å². The predicted octanol–water partition coefficient (Wildman–Crippen LogP) is -2.64. The van der Waals surface area contributed by atoms with Crippen LogP contribution >= 0.6 is 0 Å². The van der Waals surface area contributed by atoms with Crippen molar-refractivity contribution in [3.63, 3.8) is 0 Å². The van der Waals surface area contributed by atoms with E-state index in [2.05, 4.69) is 20.2 Å². The van der Waals surface area contributed by atoms with Gasteiger partial charge in [-0.1, -0.05) is 6.07 Å². The number of rotatable bonds is 10. The van der Waals surface area contributed by atoms with Gasteiger partial charge in [0.25, 0.3) is 0 Å². The monoisotopic (exact) mass is 486 g/mol. The van der Waals surface area contributed by atoms with Gasteiger partial charge in [0, 0.05) is 11.6 Å². The molecule has 0 saturated carbocycles. The summed E-state index contributed by atoms with van der Waals surface area (Å²) in [5.74, 6) is -1.56. The number of benzene rings is 1. The van der Waals surface area contributed by atoms with Crippen molar-refractivity contribution in [2.24, 2.45) is 0 Å². The number of aromatic nitrogens is 6. The number of aldehydes is 1. The standard InChI is InChI=1S/C13H12F2N6O.C6H12O6/c14-10-1-2-11(12(15)3-10)13(22,4-20-8-16-6-18-20)5-21-9-17-7-19-21;7-1-3(9)5(11)6(12)4(10)2-8/h1-3,6-9,22H,4-5H2;1,3-6,8-12H,2H2/t;3-,4+,5+,6+/m.0/s1. The van der Waals surface area contributed by atoms with Crippen LogP contribution in [0.2, 0.25) is 0 Å². The van der Waals surface area contributed by atoms with Crippen LogP contribution in [0.5, 0.6) is 0 Å². The van der Waals surface area contributed by atoms with Crippen LogP contribution in [0.1, 0.15) is 5.56 Å². The molecule has 0 aliphatic rings. The lowest BCUT2D eigenvalue weighted by molar-refractivity contribution is -0.136. The highest BCUT2D eigenvalue weighted by Gasteiger charge is 2.34. The van der Waals surface area contributed by atoms with Crippen LogP contribution < -0.4 is 0 Å². The summed E-state index contributed by atoms with van der Waals surface area (Å²) in [4.78, 5) is 17.5. The number of carbonyl (C=O) groups is 1. The average Bonchev–Trinajstić information content (AvgIpc) is 3.51. The molecule has 3 rings (SSSR count). The Hall–Kier alpha value is -3.21. The molecular weight excluding hydrogens is 462 g/mol. The van der Waals surface area contributed by atoms with Crippen LogP contribution in [0, 0.1) is 11.6 Å². The molecule has 1 aromatic carbocycles. The van der Waals surface area contributed by atoms with E-state index in [1.54, 1.807) is 0 Å². The summed E-state index contributed by atoms with van der Waals surface area (Å²) < 4.78 is 29.9. The van der Waals surface area contributed by atoms with Crippen molar-refractivity contribution >= 4 is 6.29 Å². The van der Waals surface area contributed by atoms with Gasteiger partial charge >= 0.3 is 0 Å². The van der Waals surface area contributed by atoms with Gasteiger partial charge in [0.15, 0.2) is 6.29 Å². The Kier molecular flexibility index (Phi) is 9.79. The maximum absolute atomic E-state index is 14.1. The van der Waals surface area contributed by atoms with E-state index in [1.807, 2.05) is 0 Å². The summed E-state index contributed by atoms with van der Waals surface area (Å²) in [6.45, 7) is -0.908. The molecule has 0 aliphatic carbocycles. The molecule has 3 aromatic rings. The molecule has 186 valence electrons. The van der Waals surface area contributed by atoms with E-state index < -0.39 is 48.3 Å². The van der Waals surface area contributed by atoms with Crippen LogP contribution in [0.4, 0.5) is 8.78 Å². The predicted molar refractivity (Wildman–Crippen MR) is 107 cm³/mol. The molecule has 0 aliphatic heterocycles. The number of hydrogen-bond donors (Lipinski definition) is 6. The van der Waals surface area contributed by atoms with Crippen molar-refractivity contribution in [2.45, 2.75) is 43.1 Å². The molecule has 0 fully saturated rings. The van der Waals surface area contributed by atoms with Gasteiger partial charge in [-0.15, -0.1) is 0 Å². The quantitative estimate of drug-likeness (QED) is 0.164. The second-order valence-electron chi connectivity index (χ2n) is 7.20. The fourth-order valence-electron chi connectivity index (χ4n) is 2.87. The van der Waals surface area contributed by atoms with Crippen molar-refractivity contribution in [2.75, 3.05) is 6.61 Å². The number of aliphatic hydroxyl groups excluding tert-OH is 5. The Morgan fingerprint density at radius 2 is 1.53 bits per heavy atom. The van der Waals surface area contributed by atoms with Crippen molar-refractivity contribution < 1.29 is 44.2 Å². The van der Waals surface area contributed by atoms with Crippen molar-refractivity contribution in [1.29, 1.82) is 0 Å². The first-order valence-electron chi connectivity index (χ1n) is 9.72. The molecule has 0 spiro atoms. The molecule has 4 atom stereocenters. The lowest BCUT2D eigenvalue weighted by Gasteiger charge is -2.28. The highest BCUT2D eigenvalue weighted by molar-refractivity contribution is 5.56. The molecule has 6 N–H and O–H groups in total. The zero-order chi connectivity index (χ0) is 25.3. The van der Waals surface area contributed by atoms with E-state index in [1.165, 1.54) is 40.7 Å². The number of nitrogens with zero attached hydrogens (tertiary/aromatic N) is 6. The molecule has 2 heterocycles. The van der Waals surface area contributed by atoms with Crippen LogP contribution in [-0.4, -0.2) is 97.5 Å². The normalized spacial score (nSPS) is 15.1. The minimum Gasteiger partial charge on any atom is -0.394 e. The lowest BCUT2D eigenvalue weighted by Crippen LogP contribution is -2.46. The van der Waals surface area contributed by atoms with Gasteiger partial charge in [0.05, 0.1) is 19.7 Å². The van der Waals surface area contributed by atoms with E-state index in [0.717, 1.165) is 12.1 Å². The zero-order valence-corrected chi connectivity index (χ0v) is 17.6. The Labute approximate surface area is 191 Å². The van der Waals surface area contributed by atoms with Crippen molar-refractivity contribution in [3.05, 3.63) is 60.7 Å². The summed E-state index contributed by atoms with van der Waals surface area (Å²) in [5, 5.41) is 62.3. The molecule has 0 amide bonds. The molecular formula is C19H24F2N6O7. The maximum Gasteiger partial charge on any atom is 0.151 e. The number of hydrogen-bond acceptors (Lipinski definition) is 11. The van der Waals surface area contributed by atoms with E-state index in [9.17, 15) is 18.7 Å². The Bertz CT molecular complexity index is 973. The summed E-state index contributed by atoms with van der Waals surface area (Å²) in [7, 11) is 0. The lowest BCUT2D eigenvalue weighted by atomic mass is 9.93. The first-order chi connectivity index (χ1) is 16.1. The highest BCUT2D eigenvalue weighted by atomic mass is 19.1. The second kappa shape index (κ2) is 12.3. The zero-order valence-electron chi connectivity index (χ0n) is 17.6. The van der Waals surface area contributed by atoms with Gasteiger partial charge in [-0.3, -0.25) is 0 Å². The van der Waals surface area contributed by atoms with Crippen LogP contribution in [0.25, 0.3) is 0 Å². The van der Waals surface area contributed by atoms with E-state index >= 15 is 0 Å². The van der Waals surface area contributed by atoms with Crippen LogP contribution in [0.3, 0.4) is 0 Å². The first-order valence-corrected chi connectivity index (χ1v) is 9.72. The third-order valence-electron chi connectivity index (χ3n) is 4.63. The van der Waals surface area contributed by atoms with Crippen LogP contribution in [0.15, 0.2) is 43.5 Å². The Morgan fingerprint density at radius 1 is 0.971 bits per heavy atom. The van der Waals surface area contributed by atoms with Gasteiger partial charge in [-0.2, -0.15) is 10.2 Å². The highest BCUT2D eigenvalue weighted by Crippen LogP contribution is 2.28. The fourth-order valence-corrected chi connectivity index (χ4v) is 2.87. The molecule has 0 radical (unpaired) electrons. The minimum absolute atomic E-state index is 0.0258. The van der Waals surface area contributed by atoms with Crippen molar-refractivity contribution in [1.82, 2.24) is 29.5 Å². The second-order valence-corrected chi connectivity index (χ2v) is 7.20. The summed E-state index contributed by atoms with van der Waals surface area (Å²) in [6.07, 6.45) is -1.44. The summed E-state index contributed by atoms with van der Waals surface area (Å²) in [5.41, 5.74) is -1.75. The molecule has 0 saturated heterocycles. The Balaban J connectivity index is 0.000000292. The third-order valence-corrected chi connectivity index (χ3v) is 4.63. The first kappa shape index (κ1) is 27.0. The van der Waals surface area contributed by atoms with Gasteiger partial charge in [-0.25, -0.2) is 28.1 Å². The smallest absolute Gasteiger partial charge is 0.151 e. The van der Waals surface area contributed by atoms with Gasteiger partial charge < -0.3 is 35.4 Å². The van der Waals surface area contributed by atoms with E-state index in [-0.39, 0.29) is 24.9 Å². The Morgan fingerprint density at radius 3 is 1.94 bits per heavy atom. The molecule has 15 heteroatoms. The number of aliphatic hydroxyl groups is 6. The molecule has 0 bridgehead atoms. The number of halogens is 2. The molecule has 13 nitrogen and oxygen atoms in total. The average molecular weight is 486 g/mol. The summed E-state index contributed by atoms with van der Waals surface area (Å²) >= 11 is 0. The maximum atomic E-state index is 14.1. The van der Waals surface area contributed by atoms with Gasteiger partial charge in [-0.05, 0) is 6.07 Å². The largest absolute Gasteiger partial charge is 0.394 e. The minimum atomic E-state index is -1.79. The van der Waals surface area contributed by atoms with Crippen molar-refractivity contribution in [3.8, 4) is 0 Å². The third kappa shape index (κ3) is 7.14. The van der Waals surface area contributed by atoms with Crippen LogP contribution in [-0.2, 0) is 23.5 Å². The van der Waals surface area contributed by atoms with Gasteiger partial charge in [0.1, 0.15) is 67.0 Å². The summed E-state index contributed by atoms with van der Waals surface area (Å²) in [6, 6.07) is 3.02. The fraction of sp³-hybridized carbons (Fsp3) is 0.421. The van der Waals surface area contributed by atoms with E-state index in [4.69, 9.17) is 25.5 Å². The number of carbonyl (C=O) groups excluding carboxylic acids is 1. The van der Waals surface area contributed by atoms with E-state index in [0.29, 0.717) is 0 Å². The SMILES string of the molecule is O=C[C@H](O)[C@@H](O)[C@H](O)[C@H](O)CO.OC(Cn1cncn1)(Cn1cncn1)c1ccc(F)cc1F. The molecule has 34 heavy (non-hydrogen) atoms.